The van der Waals surface area contributed by atoms with Crippen LogP contribution in [0.3, 0.4) is 0 Å². The van der Waals surface area contributed by atoms with Crippen LogP contribution in [0.15, 0.2) is 65.1 Å². The number of hydrogen-bond acceptors (Lipinski definition) is 7. The predicted molar refractivity (Wildman–Crippen MR) is 138 cm³/mol. The maximum atomic E-state index is 13.9. The second kappa shape index (κ2) is 10.3. The fourth-order valence-corrected chi connectivity index (χ4v) is 3.92. The summed E-state index contributed by atoms with van der Waals surface area (Å²) in [6.07, 6.45) is 0. The van der Waals surface area contributed by atoms with Gasteiger partial charge in [-0.15, -0.1) is 10.2 Å². The lowest BCUT2D eigenvalue weighted by atomic mass is 9.99. The molecule has 0 saturated carbocycles. The molecule has 0 aliphatic rings. The first kappa shape index (κ1) is 25.6. The standard InChI is InChI=1S/C27H30N6O4/c1-17-8-6-7-9-21(17)33(23(35)16-32-30-25(29-31-32)22-15-10-18(2)37-22)24(26(36)28-27(3,4)5)19-11-13-20(34)14-12-19/h6-15,24,34H,16H2,1-5H3,(H,28,36). The summed E-state index contributed by atoms with van der Waals surface area (Å²) in [6.45, 7) is 9.03. The summed E-state index contributed by atoms with van der Waals surface area (Å²) >= 11 is 0. The Morgan fingerprint density at radius 1 is 1.05 bits per heavy atom. The minimum Gasteiger partial charge on any atom is -0.508 e. The molecule has 0 saturated heterocycles. The van der Waals surface area contributed by atoms with E-state index in [0.717, 1.165) is 5.56 Å². The molecule has 10 heteroatoms. The van der Waals surface area contributed by atoms with E-state index in [1.165, 1.54) is 21.8 Å². The molecule has 0 radical (unpaired) electrons. The van der Waals surface area contributed by atoms with E-state index < -0.39 is 17.5 Å². The van der Waals surface area contributed by atoms with Crippen molar-refractivity contribution < 1.29 is 19.1 Å². The fourth-order valence-electron chi connectivity index (χ4n) is 3.92. The SMILES string of the molecule is Cc1ccc(-c2nnn(CC(=O)N(c3ccccc3C)C(C(=O)NC(C)(C)C)c3ccc(O)cc3)n2)o1. The number of carbonyl (C=O) groups excluding carboxylic acids is 2. The summed E-state index contributed by atoms with van der Waals surface area (Å²) in [5.74, 6) is 0.668. The minimum absolute atomic E-state index is 0.0556. The van der Waals surface area contributed by atoms with Gasteiger partial charge in [0.1, 0.15) is 24.1 Å². The molecule has 2 heterocycles. The highest BCUT2D eigenvalue weighted by atomic mass is 16.3. The number of hydrogen-bond donors (Lipinski definition) is 2. The first-order valence-corrected chi connectivity index (χ1v) is 11.8. The number of anilines is 1. The summed E-state index contributed by atoms with van der Waals surface area (Å²) in [7, 11) is 0. The molecule has 1 unspecified atom stereocenters. The minimum atomic E-state index is -1.02. The molecule has 192 valence electrons. The number of benzene rings is 2. The molecule has 1 atom stereocenters. The molecule has 0 bridgehead atoms. The molecule has 0 aliphatic carbocycles. The Morgan fingerprint density at radius 3 is 2.38 bits per heavy atom. The summed E-state index contributed by atoms with van der Waals surface area (Å²) in [6, 6.07) is 16.1. The number of rotatable bonds is 7. The van der Waals surface area contributed by atoms with Crippen molar-refractivity contribution in [2.75, 3.05) is 4.90 Å². The van der Waals surface area contributed by atoms with Crippen molar-refractivity contribution in [3.63, 3.8) is 0 Å². The van der Waals surface area contributed by atoms with E-state index >= 15 is 0 Å². The van der Waals surface area contributed by atoms with Gasteiger partial charge in [0, 0.05) is 11.2 Å². The van der Waals surface area contributed by atoms with Gasteiger partial charge in [-0.05, 0) is 81.3 Å². The molecule has 37 heavy (non-hydrogen) atoms. The number of aromatic nitrogens is 4. The highest BCUT2D eigenvalue weighted by Gasteiger charge is 2.35. The summed E-state index contributed by atoms with van der Waals surface area (Å²) < 4.78 is 5.56. The van der Waals surface area contributed by atoms with Gasteiger partial charge in [-0.25, -0.2) is 0 Å². The number of aryl methyl sites for hydroxylation is 2. The number of furan rings is 1. The van der Waals surface area contributed by atoms with Gasteiger partial charge in [0.25, 0.3) is 5.91 Å². The number of aromatic hydroxyl groups is 1. The molecule has 10 nitrogen and oxygen atoms in total. The van der Waals surface area contributed by atoms with Gasteiger partial charge in [0.2, 0.25) is 11.7 Å². The van der Waals surface area contributed by atoms with Crippen molar-refractivity contribution >= 4 is 17.5 Å². The molecule has 2 aromatic heterocycles. The maximum absolute atomic E-state index is 13.9. The average Bonchev–Trinajstić information content (AvgIpc) is 3.46. The lowest BCUT2D eigenvalue weighted by molar-refractivity contribution is -0.128. The van der Waals surface area contributed by atoms with Crippen molar-refractivity contribution in [2.24, 2.45) is 0 Å². The average molecular weight is 503 g/mol. The van der Waals surface area contributed by atoms with Gasteiger partial charge < -0.3 is 14.8 Å². The van der Waals surface area contributed by atoms with Crippen LogP contribution in [0.25, 0.3) is 11.6 Å². The third-order valence-corrected chi connectivity index (χ3v) is 5.55. The third kappa shape index (κ3) is 6.03. The van der Waals surface area contributed by atoms with Crippen LogP contribution in [0.1, 0.15) is 43.7 Å². The number of nitrogens with one attached hydrogen (secondary N) is 1. The Bertz CT molecular complexity index is 1400. The van der Waals surface area contributed by atoms with E-state index in [1.807, 2.05) is 52.8 Å². The second-order valence-corrected chi connectivity index (χ2v) is 9.84. The van der Waals surface area contributed by atoms with Crippen LogP contribution >= 0.6 is 0 Å². The summed E-state index contributed by atoms with van der Waals surface area (Å²) in [5.41, 5.74) is 1.36. The monoisotopic (exact) mass is 502 g/mol. The van der Waals surface area contributed by atoms with Crippen molar-refractivity contribution in [3.05, 3.63) is 77.6 Å². The number of tetrazole rings is 1. The van der Waals surface area contributed by atoms with Crippen LogP contribution in [0.2, 0.25) is 0 Å². The fraction of sp³-hybridized carbons (Fsp3) is 0.296. The van der Waals surface area contributed by atoms with Gasteiger partial charge in [-0.2, -0.15) is 4.80 Å². The molecule has 0 fully saturated rings. The van der Waals surface area contributed by atoms with Gasteiger partial charge in [-0.1, -0.05) is 30.3 Å². The zero-order valence-corrected chi connectivity index (χ0v) is 21.5. The first-order valence-electron chi connectivity index (χ1n) is 11.8. The van der Waals surface area contributed by atoms with E-state index in [4.69, 9.17) is 4.42 Å². The number of phenols is 1. The Balaban J connectivity index is 1.76. The molecular formula is C27H30N6O4. The lowest BCUT2D eigenvalue weighted by Gasteiger charge is -2.34. The van der Waals surface area contributed by atoms with Crippen LogP contribution in [-0.4, -0.2) is 42.7 Å². The molecule has 2 N–H and O–H groups in total. The molecular weight excluding hydrogens is 472 g/mol. The van der Waals surface area contributed by atoms with E-state index in [2.05, 4.69) is 20.7 Å². The predicted octanol–water partition coefficient (Wildman–Crippen LogP) is 3.94. The van der Waals surface area contributed by atoms with Gasteiger partial charge in [-0.3, -0.25) is 14.5 Å². The van der Waals surface area contributed by atoms with Crippen LogP contribution in [0, 0.1) is 13.8 Å². The Labute approximate surface area is 214 Å². The zero-order chi connectivity index (χ0) is 26.7. The van der Waals surface area contributed by atoms with Crippen molar-refractivity contribution in [1.29, 1.82) is 0 Å². The number of phenolic OH excluding ortho intramolecular Hbond substituents is 1. The highest BCUT2D eigenvalue weighted by molar-refractivity contribution is 6.01. The third-order valence-electron chi connectivity index (χ3n) is 5.55. The van der Waals surface area contributed by atoms with E-state index in [-0.39, 0.29) is 24.0 Å². The quantitative estimate of drug-likeness (QED) is 0.392. The Morgan fingerprint density at radius 2 is 1.76 bits per heavy atom. The molecule has 2 amide bonds. The van der Waals surface area contributed by atoms with Gasteiger partial charge in [0.15, 0.2) is 5.76 Å². The number of carbonyl (C=O) groups is 2. The molecule has 4 aromatic rings. The summed E-state index contributed by atoms with van der Waals surface area (Å²) in [4.78, 5) is 30.2. The van der Waals surface area contributed by atoms with Gasteiger partial charge >= 0.3 is 0 Å². The highest BCUT2D eigenvalue weighted by Crippen LogP contribution is 2.32. The first-order chi connectivity index (χ1) is 17.5. The van der Waals surface area contributed by atoms with E-state index in [0.29, 0.717) is 22.8 Å². The number of para-hydroxylation sites is 1. The molecule has 0 spiro atoms. The topological polar surface area (TPSA) is 126 Å². The normalized spacial score (nSPS) is 12.2. The Hall–Kier alpha value is -4.47. The van der Waals surface area contributed by atoms with Crippen LogP contribution < -0.4 is 10.2 Å². The molecule has 2 aromatic carbocycles. The maximum Gasteiger partial charge on any atom is 0.251 e. The van der Waals surface area contributed by atoms with E-state index in [1.54, 1.807) is 30.3 Å². The second-order valence-electron chi connectivity index (χ2n) is 9.84. The van der Waals surface area contributed by atoms with Gasteiger partial charge in [0.05, 0.1) is 0 Å². The van der Waals surface area contributed by atoms with Crippen LogP contribution in [0.4, 0.5) is 5.69 Å². The number of amides is 2. The largest absolute Gasteiger partial charge is 0.508 e. The van der Waals surface area contributed by atoms with Crippen LogP contribution in [-0.2, 0) is 16.1 Å². The summed E-state index contributed by atoms with van der Waals surface area (Å²) in [5, 5.41) is 25.2. The molecule has 0 aliphatic heterocycles. The Kier molecular flexibility index (Phi) is 7.10. The van der Waals surface area contributed by atoms with Crippen molar-refractivity contribution in [3.8, 4) is 17.3 Å². The smallest absolute Gasteiger partial charge is 0.251 e. The molecule has 4 rings (SSSR count). The zero-order valence-electron chi connectivity index (χ0n) is 21.5. The van der Waals surface area contributed by atoms with Crippen molar-refractivity contribution in [2.45, 2.75) is 52.7 Å². The number of nitrogens with zero attached hydrogens (tertiary/aromatic N) is 5. The van der Waals surface area contributed by atoms with Crippen LogP contribution in [0.5, 0.6) is 5.75 Å². The van der Waals surface area contributed by atoms with Crippen molar-refractivity contribution in [1.82, 2.24) is 25.5 Å². The van der Waals surface area contributed by atoms with E-state index in [9.17, 15) is 14.7 Å². The lowest BCUT2D eigenvalue weighted by Crippen LogP contribution is -2.50.